The molecule has 0 saturated carbocycles. The van der Waals surface area contributed by atoms with Crippen molar-refractivity contribution in [2.24, 2.45) is 4.99 Å². The van der Waals surface area contributed by atoms with Crippen molar-refractivity contribution >= 4 is 11.9 Å². The summed E-state index contributed by atoms with van der Waals surface area (Å²) < 4.78 is 13.5. The minimum absolute atomic E-state index is 0.0227. The van der Waals surface area contributed by atoms with Crippen molar-refractivity contribution in [3.8, 4) is 0 Å². The third-order valence-corrected chi connectivity index (χ3v) is 5.53. The Morgan fingerprint density at radius 3 is 2.76 bits per heavy atom. The maximum absolute atomic E-state index is 13.5. The number of carbonyl (C=O) groups is 1. The minimum atomic E-state index is -0.227. The third-order valence-electron chi connectivity index (χ3n) is 5.53. The van der Waals surface area contributed by atoms with Crippen LogP contribution in [-0.4, -0.2) is 75.0 Å². The van der Waals surface area contributed by atoms with E-state index in [1.54, 1.807) is 24.1 Å². The molecule has 1 heterocycles. The molecule has 6 nitrogen and oxygen atoms in total. The Labute approximate surface area is 174 Å². The van der Waals surface area contributed by atoms with Crippen molar-refractivity contribution in [1.29, 1.82) is 0 Å². The quantitative estimate of drug-likeness (QED) is 0.396. The number of nitrogens with one attached hydrogen (secondary N) is 2. The van der Waals surface area contributed by atoms with Gasteiger partial charge in [0.25, 0.3) is 0 Å². The van der Waals surface area contributed by atoms with E-state index in [2.05, 4.69) is 34.4 Å². The Hall–Kier alpha value is -2.15. The number of benzene rings is 1. The molecular weight excluding hydrogens is 369 g/mol. The van der Waals surface area contributed by atoms with Gasteiger partial charge >= 0.3 is 0 Å². The molecule has 0 spiro atoms. The number of rotatable bonds is 8. The molecule has 162 valence electrons. The van der Waals surface area contributed by atoms with Gasteiger partial charge in [0.1, 0.15) is 5.82 Å². The standard InChI is InChI=1S/C22H36FN5O/c1-22(2,17-9-6-10-18(23)15-17)16-26-21(24-3)25-12-8-14-28-13-7-11-19(28)20(29)27(4)5/h6,9-10,15,19H,7-8,11-14,16H2,1-5H3,(H2,24,25,26). The normalized spacial score (nSPS) is 18.0. The molecule has 1 aliphatic rings. The second-order valence-electron chi connectivity index (χ2n) is 8.53. The highest BCUT2D eigenvalue weighted by molar-refractivity contribution is 5.81. The van der Waals surface area contributed by atoms with Crippen molar-refractivity contribution in [1.82, 2.24) is 20.4 Å². The van der Waals surface area contributed by atoms with Crippen LogP contribution in [0.4, 0.5) is 4.39 Å². The average molecular weight is 406 g/mol. The highest BCUT2D eigenvalue weighted by Gasteiger charge is 2.31. The fraction of sp³-hybridized carbons (Fsp3) is 0.636. The first-order chi connectivity index (χ1) is 13.7. The monoisotopic (exact) mass is 405 g/mol. The summed E-state index contributed by atoms with van der Waals surface area (Å²) in [7, 11) is 5.39. The van der Waals surface area contributed by atoms with E-state index in [1.165, 1.54) is 6.07 Å². The van der Waals surface area contributed by atoms with Gasteiger partial charge in [-0.2, -0.15) is 0 Å². The van der Waals surface area contributed by atoms with Gasteiger partial charge in [0.15, 0.2) is 5.96 Å². The van der Waals surface area contributed by atoms with Gasteiger partial charge in [-0.15, -0.1) is 0 Å². The van der Waals surface area contributed by atoms with Gasteiger partial charge in [0.2, 0.25) is 5.91 Å². The van der Waals surface area contributed by atoms with E-state index < -0.39 is 0 Å². The number of amides is 1. The molecule has 1 aliphatic heterocycles. The van der Waals surface area contributed by atoms with E-state index in [4.69, 9.17) is 0 Å². The van der Waals surface area contributed by atoms with Crippen molar-refractivity contribution in [3.05, 3.63) is 35.6 Å². The van der Waals surface area contributed by atoms with Crippen LogP contribution < -0.4 is 10.6 Å². The lowest BCUT2D eigenvalue weighted by Crippen LogP contribution is -2.45. The molecular formula is C22H36FN5O. The van der Waals surface area contributed by atoms with Gasteiger partial charge in [-0.3, -0.25) is 14.7 Å². The van der Waals surface area contributed by atoms with Crippen molar-refractivity contribution < 1.29 is 9.18 Å². The van der Waals surface area contributed by atoms with Gasteiger partial charge in [0, 0.05) is 46.2 Å². The summed E-state index contributed by atoms with van der Waals surface area (Å²) in [6, 6.07) is 6.76. The Morgan fingerprint density at radius 1 is 1.34 bits per heavy atom. The fourth-order valence-corrected chi connectivity index (χ4v) is 3.70. The second kappa shape index (κ2) is 10.6. The fourth-order valence-electron chi connectivity index (χ4n) is 3.70. The molecule has 1 amide bonds. The number of likely N-dealkylation sites (N-methyl/N-ethyl adjacent to an activating group) is 1. The molecule has 1 unspecified atom stereocenters. The van der Waals surface area contributed by atoms with E-state index in [0.717, 1.165) is 50.4 Å². The minimum Gasteiger partial charge on any atom is -0.356 e. The van der Waals surface area contributed by atoms with Crippen LogP contribution in [0.15, 0.2) is 29.3 Å². The zero-order valence-corrected chi connectivity index (χ0v) is 18.5. The van der Waals surface area contributed by atoms with Crippen molar-refractivity contribution in [2.75, 3.05) is 47.3 Å². The van der Waals surface area contributed by atoms with Crippen LogP contribution in [0.3, 0.4) is 0 Å². The molecule has 0 bridgehead atoms. The zero-order chi connectivity index (χ0) is 21.4. The molecule has 1 atom stereocenters. The van der Waals surface area contributed by atoms with Gasteiger partial charge in [-0.1, -0.05) is 26.0 Å². The lowest BCUT2D eigenvalue weighted by Gasteiger charge is -2.27. The van der Waals surface area contributed by atoms with Crippen LogP contribution in [0.1, 0.15) is 38.7 Å². The predicted octanol–water partition coefficient (Wildman–Crippen LogP) is 2.21. The third kappa shape index (κ3) is 6.70. The number of hydrogen-bond donors (Lipinski definition) is 2. The molecule has 0 aliphatic carbocycles. The van der Waals surface area contributed by atoms with E-state index >= 15 is 0 Å². The van der Waals surface area contributed by atoms with Crippen LogP contribution in [0, 0.1) is 5.82 Å². The van der Waals surface area contributed by atoms with Gasteiger partial charge < -0.3 is 15.5 Å². The molecule has 29 heavy (non-hydrogen) atoms. The summed E-state index contributed by atoms with van der Waals surface area (Å²) in [5.74, 6) is 0.718. The second-order valence-corrected chi connectivity index (χ2v) is 8.53. The van der Waals surface area contributed by atoms with Crippen LogP contribution in [0.5, 0.6) is 0 Å². The van der Waals surface area contributed by atoms with Gasteiger partial charge in [-0.25, -0.2) is 4.39 Å². The first-order valence-electron chi connectivity index (χ1n) is 10.4. The largest absolute Gasteiger partial charge is 0.356 e. The number of halogens is 1. The van der Waals surface area contributed by atoms with E-state index in [1.807, 2.05) is 20.2 Å². The lowest BCUT2D eigenvalue weighted by molar-refractivity contribution is -0.133. The molecule has 2 rings (SSSR count). The highest BCUT2D eigenvalue weighted by Crippen LogP contribution is 2.23. The van der Waals surface area contributed by atoms with E-state index in [9.17, 15) is 9.18 Å². The number of hydrogen-bond acceptors (Lipinski definition) is 3. The first kappa shape index (κ1) is 23.1. The molecule has 1 saturated heterocycles. The highest BCUT2D eigenvalue weighted by atomic mass is 19.1. The topological polar surface area (TPSA) is 60.0 Å². The molecule has 0 radical (unpaired) electrons. The maximum Gasteiger partial charge on any atom is 0.239 e. The Balaban J connectivity index is 1.76. The number of nitrogens with zero attached hydrogens (tertiary/aromatic N) is 3. The smallest absolute Gasteiger partial charge is 0.239 e. The van der Waals surface area contributed by atoms with Crippen LogP contribution in [0.25, 0.3) is 0 Å². The van der Waals surface area contributed by atoms with E-state index in [0.29, 0.717) is 6.54 Å². The first-order valence-corrected chi connectivity index (χ1v) is 10.4. The molecule has 1 fully saturated rings. The van der Waals surface area contributed by atoms with Crippen LogP contribution in [0.2, 0.25) is 0 Å². The van der Waals surface area contributed by atoms with Crippen LogP contribution in [-0.2, 0) is 10.2 Å². The summed E-state index contributed by atoms with van der Waals surface area (Å²) >= 11 is 0. The van der Waals surface area contributed by atoms with Gasteiger partial charge in [-0.05, 0) is 43.5 Å². The molecule has 0 aromatic heterocycles. The molecule has 7 heteroatoms. The van der Waals surface area contributed by atoms with Crippen LogP contribution >= 0.6 is 0 Å². The SMILES string of the molecule is CN=C(NCCCN1CCCC1C(=O)N(C)C)NCC(C)(C)c1cccc(F)c1. The average Bonchev–Trinajstić information content (AvgIpc) is 3.15. The van der Waals surface area contributed by atoms with E-state index in [-0.39, 0.29) is 23.2 Å². The van der Waals surface area contributed by atoms with Crippen molar-refractivity contribution in [2.45, 2.75) is 44.6 Å². The lowest BCUT2D eigenvalue weighted by atomic mass is 9.84. The zero-order valence-electron chi connectivity index (χ0n) is 18.5. The Bertz CT molecular complexity index is 704. The number of guanidine groups is 1. The summed E-state index contributed by atoms with van der Waals surface area (Å²) in [5.41, 5.74) is 0.723. The maximum atomic E-state index is 13.5. The Kier molecular flexibility index (Phi) is 8.44. The summed E-state index contributed by atoms with van der Waals surface area (Å²) in [5, 5.41) is 6.68. The molecule has 2 N–H and O–H groups in total. The predicted molar refractivity (Wildman–Crippen MR) is 117 cm³/mol. The summed E-state index contributed by atoms with van der Waals surface area (Å²) in [6.45, 7) is 7.46. The van der Waals surface area contributed by atoms with Crippen molar-refractivity contribution in [3.63, 3.8) is 0 Å². The molecule has 1 aromatic carbocycles. The molecule has 1 aromatic rings. The Morgan fingerprint density at radius 2 is 2.10 bits per heavy atom. The number of carbonyl (C=O) groups excluding carboxylic acids is 1. The van der Waals surface area contributed by atoms with Gasteiger partial charge in [0.05, 0.1) is 6.04 Å². The summed E-state index contributed by atoms with van der Waals surface area (Å²) in [6.07, 6.45) is 2.96. The number of aliphatic imine (C=N–C) groups is 1. The number of likely N-dealkylation sites (tertiary alicyclic amines) is 1. The summed E-state index contributed by atoms with van der Waals surface area (Å²) in [4.78, 5) is 20.5.